The minimum absolute atomic E-state index is 0.0994. The van der Waals surface area contributed by atoms with E-state index in [-0.39, 0.29) is 5.91 Å². The van der Waals surface area contributed by atoms with E-state index in [1.54, 1.807) is 6.20 Å². The van der Waals surface area contributed by atoms with Crippen LogP contribution < -0.4 is 10.6 Å². The van der Waals surface area contributed by atoms with Crippen LogP contribution >= 0.6 is 0 Å². The SMILES string of the molecule is CC(C)CCn1c(CNC(=O)C2CNCCO2)nc2cccnc21. The van der Waals surface area contributed by atoms with Crippen LogP contribution in [-0.4, -0.2) is 46.2 Å². The molecule has 3 rings (SSSR count). The highest BCUT2D eigenvalue weighted by molar-refractivity contribution is 5.81. The highest BCUT2D eigenvalue weighted by atomic mass is 16.5. The number of carbonyl (C=O) groups excluding carboxylic acids is 1. The van der Waals surface area contributed by atoms with Crippen LogP contribution in [0.4, 0.5) is 0 Å². The number of ether oxygens (including phenoxy) is 1. The molecule has 2 N–H and O–H groups in total. The first-order valence-corrected chi connectivity index (χ1v) is 8.55. The Labute approximate surface area is 141 Å². The van der Waals surface area contributed by atoms with Crippen molar-refractivity contribution >= 4 is 17.1 Å². The van der Waals surface area contributed by atoms with E-state index in [0.717, 1.165) is 36.5 Å². The Morgan fingerprint density at radius 2 is 2.42 bits per heavy atom. The van der Waals surface area contributed by atoms with Gasteiger partial charge in [0.15, 0.2) is 5.65 Å². The second-order valence-electron chi connectivity index (χ2n) is 6.49. The average Bonchev–Trinajstić information content (AvgIpc) is 2.96. The van der Waals surface area contributed by atoms with E-state index in [2.05, 4.69) is 39.0 Å². The van der Waals surface area contributed by atoms with Gasteiger partial charge < -0.3 is 19.9 Å². The van der Waals surface area contributed by atoms with Crippen molar-refractivity contribution in [3.05, 3.63) is 24.2 Å². The summed E-state index contributed by atoms with van der Waals surface area (Å²) in [6, 6.07) is 3.83. The molecule has 0 bridgehead atoms. The summed E-state index contributed by atoms with van der Waals surface area (Å²) in [4.78, 5) is 21.3. The summed E-state index contributed by atoms with van der Waals surface area (Å²) >= 11 is 0. The molecule has 24 heavy (non-hydrogen) atoms. The summed E-state index contributed by atoms with van der Waals surface area (Å²) in [7, 11) is 0. The van der Waals surface area contributed by atoms with E-state index in [1.165, 1.54) is 0 Å². The largest absolute Gasteiger partial charge is 0.366 e. The number of amides is 1. The number of aromatic nitrogens is 3. The highest BCUT2D eigenvalue weighted by Gasteiger charge is 2.22. The zero-order chi connectivity index (χ0) is 16.9. The minimum Gasteiger partial charge on any atom is -0.366 e. The molecule has 0 saturated carbocycles. The Morgan fingerprint density at radius 3 is 3.17 bits per heavy atom. The van der Waals surface area contributed by atoms with Gasteiger partial charge in [0.2, 0.25) is 0 Å². The Kier molecular flexibility index (Phi) is 5.42. The van der Waals surface area contributed by atoms with Crippen LogP contribution in [-0.2, 0) is 22.6 Å². The van der Waals surface area contributed by atoms with Crippen molar-refractivity contribution in [3.8, 4) is 0 Å². The van der Waals surface area contributed by atoms with E-state index in [0.29, 0.717) is 25.6 Å². The van der Waals surface area contributed by atoms with Gasteiger partial charge in [-0.05, 0) is 24.5 Å². The average molecular weight is 331 g/mol. The molecule has 1 fully saturated rings. The molecule has 1 unspecified atom stereocenters. The third-order valence-corrected chi connectivity index (χ3v) is 4.15. The fraction of sp³-hybridized carbons (Fsp3) is 0.588. The van der Waals surface area contributed by atoms with Crippen molar-refractivity contribution in [1.82, 2.24) is 25.2 Å². The summed E-state index contributed by atoms with van der Waals surface area (Å²) < 4.78 is 7.59. The summed E-state index contributed by atoms with van der Waals surface area (Å²) in [6.07, 6.45) is 2.39. The predicted molar refractivity (Wildman–Crippen MR) is 91.4 cm³/mol. The summed E-state index contributed by atoms with van der Waals surface area (Å²) in [5.74, 6) is 1.33. The minimum atomic E-state index is -0.426. The van der Waals surface area contributed by atoms with Gasteiger partial charge in [0.25, 0.3) is 5.91 Å². The lowest BCUT2D eigenvalue weighted by Gasteiger charge is -2.22. The van der Waals surface area contributed by atoms with Crippen molar-refractivity contribution in [2.45, 2.75) is 39.5 Å². The van der Waals surface area contributed by atoms with E-state index >= 15 is 0 Å². The number of morpholine rings is 1. The quantitative estimate of drug-likeness (QED) is 0.828. The first kappa shape index (κ1) is 16.9. The number of hydrogen-bond acceptors (Lipinski definition) is 5. The molecule has 130 valence electrons. The zero-order valence-corrected chi connectivity index (χ0v) is 14.3. The van der Waals surface area contributed by atoms with Crippen LogP contribution in [0.2, 0.25) is 0 Å². The standard InChI is InChI=1S/C17H25N5O2/c1-12(2)5-8-22-15(21-13-4-3-6-19-16(13)22)11-20-17(23)14-10-18-7-9-24-14/h3-4,6,12,14,18H,5,7-11H2,1-2H3,(H,20,23). The van der Waals surface area contributed by atoms with Crippen LogP contribution in [0.3, 0.4) is 0 Å². The zero-order valence-electron chi connectivity index (χ0n) is 14.3. The third-order valence-electron chi connectivity index (χ3n) is 4.15. The maximum atomic E-state index is 12.2. The Morgan fingerprint density at radius 1 is 1.54 bits per heavy atom. The lowest BCUT2D eigenvalue weighted by molar-refractivity contribution is -0.134. The lowest BCUT2D eigenvalue weighted by atomic mass is 10.1. The van der Waals surface area contributed by atoms with Crippen LogP contribution in [0, 0.1) is 5.92 Å². The maximum absolute atomic E-state index is 12.2. The number of nitrogens with one attached hydrogen (secondary N) is 2. The van der Waals surface area contributed by atoms with Crippen LogP contribution in [0.25, 0.3) is 11.2 Å². The number of pyridine rings is 1. The number of rotatable bonds is 6. The number of carbonyl (C=O) groups is 1. The fourth-order valence-electron chi connectivity index (χ4n) is 2.78. The number of aryl methyl sites for hydroxylation is 1. The van der Waals surface area contributed by atoms with Crippen molar-refractivity contribution in [2.24, 2.45) is 5.92 Å². The number of hydrogen-bond donors (Lipinski definition) is 2. The van der Waals surface area contributed by atoms with Gasteiger partial charge in [0.05, 0.1) is 13.2 Å². The molecule has 1 aliphatic heterocycles. The van der Waals surface area contributed by atoms with Crippen molar-refractivity contribution in [1.29, 1.82) is 0 Å². The molecule has 7 nitrogen and oxygen atoms in total. The number of nitrogens with zero attached hydrogens (tertiary/aromatic N) is 3. The second kappa shape index (κ2) is 7.72. The van der Waals surface area contributed by atoms with Crippen molar-refractivity contribution in [3.63, 3.8) is 0 Å². The number of fused-ring (bicyclic) bond motifs is 1. The molecule has 2 aromatic heterocycles. The topological polar surface area (TPSA) is 81.1 Å². The Hall–Kier alpha value is -1.99. The highest BCUT2D eigenvalue weighted by Crippen LogP contribution is 2.16. The second-order valence-corrected chi connectivity index (χ2v) is 6.49. The van der Waals surface area contributed by atoms with Crippen molar-refractivity contribution in [2.75, 3.05) is 19.7 Å². The predicted octanol–water partition coefficient (Wildman–Crippen LogP) is 1.08. The molecule has 3 heterocycles. The van der Waals surface area contributed by atoms with Gasteiger partial charge in [0.1, 0.15) is 17.4 Å². The summed E-state index contributed by atoms with van der Waals surface area (Å²) in [5, 5.41) is 6.11. The molecule has 0 spiro atoms. The number of imidazole rings is 1. The van der Waals surface area contributed by atoms with Crippen LogP contribution in [0.15, 0.2) is 18.3 Å². The van der Waals surface area contributed by atoms with E-state index in [4.69, 9.17) is 4.74 Å². The van der Waals surface area contributed by atoms with E-state index in [1.807, 2.05) is 12.1 Å². The van der Waals surface area contributed by atoms with E-state index < -0.39 is 6.10 Å². The van der Waals surface area contributed by atoms with Crippen LogP contribution in [0.5, 0.6) is 0 Å². The molecule has 0 aliphatic carbocycles. The molecule has 2 aromatic rings. The van der Waals surface area contributed by atoms with Crippen molar-refractivity contribution < 1.29 is 9.53 Å². The maximum Gasteiger partial charge on any atom is 0.250 e. The molecule has 0 radical (unpaired) electrons. The fourth-order valence-corrected chi connectivity index (χ4v) is 2.78. The molecule has 7 heteroatoms. The third kappa shape index (κ3) is 3.91. The lowest BCUT2D eigenvalue weighted by Crippen LogP contribution is -2.47. The monoisotopic (exact) mass is 331 g/mol. The van der Waals surface area contributed by atoms with Crippen LogP contribution in [0.1, 0.15) is 26.1 Å². The molecule has 1 atom stereocenters. The van der Waals surface area contributed by atoms with Gasteiger partial charge in [-0.1, -0.05) is 13.8 Å². The normalized spacial score (nSPS) is 18.2. The summed E-state index contributed by atoms with van der Waals surface area (Å²) in [6.45, 7) is 7.53. The van der Waals surface area contributed by atoms with E-state index in [9.17, 15) is 4.79 Å². The first-order valence-electron chi connectivity index (χ1n) is 8.55. The smallest absolute Gasteiger partial charge is 0.250 e. The molecule has 1 amide bonds. The molecule has 1 aliphatic rings. The molecule has 0 aromatic carbocycles. The van der Waals surface area contributed by atoms with Gasteiger partial charge in [-0.2, -0.15) is 0 Å². The Bertz CT molecular complexity index is 691. The molecular formula is C17H25N5O2. The van der Waals surface area contributed by atoms with Gasteiger partial charge in [-0.25, -0.2) is 9.97 Å². The summed E-state index contributed by atoms with van der Waals surface area (Å²) in [5.41, 5.74) is 1.74. The Balaban J connectivity index is 1.72. The molecular weight excluding hydrogens is 306 g/mol. The van der Waals surface area contributed by atoms with Gasteiger partial charge >= 0.3 is 0 Å². The van der Waals surface area contributed by atoms with Gasteiger partial charge in [-0.3, -0.25) is 4.79 Å². The first-order chi connectivity index (χ1) is 11.6. The van der Waals surface area contributed by atoms with Gasteiger partial charge in [-0.15, -0.1) is 0 Å². The molecule has 1 saturated heterocycles. The van der Waals surface area contributed by atoms with Gasteiger partial charge in [0, 0.05) is 25.8 Å².